The van der Waals surface area contributed by atoms with Crippen LogP contribution in [0.1, 0.15) is 6.42 Å². The molecule has 0 N–H and O–H groups in total. The van der Waals surface area contributed by atoms with Crippen molar-refractivity contribution in [3.63, 3.8) is 0 Å². The van der Waals surface area contributed by atoms with Crippen LogP contribution in [0.2, 0.25) is 0 Å². The van der Waals surface area contributed by atoms with Gasteiger partial charge in [0.1, 0.15) is 0 Å². The topological polar surface area (TPSA) is 9.23 Å². The number of halogens is 13. The summed E-state index contributed by atoms with van der Waals surface area (Å²) in [7, 11) is 0. The van der Waals surface area contributed by atoms with Crippen molar-refractivity contribution in [2.75, 3.05) is 13.2 Å². The largest absolute Gasteiger partial charge is 0.460 e. The molecule has 0 aromatic carbocycles. The SMILES string of the molecule is C=CCOCCC(F)(F)C(F)(F)C(F)(F)C(F)(F)C(F)(F)C(F)(F)F. The lowest BCUT2D eigenvalue weighted by molar-refractivity contribution is -0.440. The Morgan fingerprint density at radius 2 is 1.04 bits per heavy atom. The van der Waals surface area contributed by atoms with Crippen molar-refractivity contribution >= 4 is 0 Å². The van der Waals surface area contributed by atoms with Gasteiger partial charge in [0.25, 0.3) is 0 Å². The van der Waals surface area contributed by atoms with Gasteiger partial charge in [-0.2, -0.15) is 57.1 Å². The van der Waals surface area contributed by atoms with Crippen LogP contribution >= 0.6 is 0 Å². The van der Waals surface area contributed by atoms with E-state index in [9.17, 15) is 57.1 Å². The normalized spacial score (nSPS) is 15.4. The fraction of sp³-hybridized carbons (Fsp3) is 0.818. The van der Waals surface area contributed by atoms with E-state index in [2.05, 4.69) is 11.3 Å². The maximum Gasteiger partial charge on any atom is 0.460 e. The van der Waals surface area contributed by atoms with E-state index >= 15 is 0 Å². The molecule has 0 aliphatic heterocycles. The maximum atomic E-state index is 13.1. The third kappa shape index (κ3) is 3.82. The molecular formula is C11H9F13O. The molecule has 0 atom stereocenters. The maximum absolute atomic E-state index is 13.1. The predicted molar refractivity (Wildman–Crippen MR) is 56.4 cm³/mol. The van der Waals surface area contributed by atoms with E-state index in [0.29, 0.717) is 0 Å². The summed E-state index contributed by atoms with van der Waals surface area (Å²) >= 11 is 0. The highest BCUT2D eigenvalue weighted by atomic mass is 19.4. The molecule has 0 aromatic heterocycles. The van der Waals surface area contributed by atoms with Crippen LogP contribution in [-0.4, -0.2) is 49.0 Å². The van der Waals surface area contributed by atoms with Gasteiger partial charge in [0.15, 0.2) is 0 Å². The molecule has 0 radical (unpaired) electrons. The molecule has 25 heavy (non-hydrogen) atoms. The molecule has 1 nitrogen and oxygen atoms in total. The minimum absolute atomic E-state index is 0.541. The summed E-state index contributed by atoms with van der Waals surface area (Å²) in [6.07, 6.45) is -8.86. The molecule has 14 heteroatoms. The first-order valence-corrected chi connectivity index (χ1v) is 5.95. The van der Waals surface area contributed by atoms with Gasteiger partial charge in [0.05, 0.1) is 13.2 Å². The minimum atomic E-state index is -7.87. The summed E-state index contributed by atoms with van der Waals surface area (Å²) in [6, 6.07) is 0. The first-order chi connectivity index (χ1) is 10.8. The second-order valence-corrected chi connectivity index (χ2v) is 4.61. The second kappa shape index (κ2) is 6.83. The molecule has 0 saturated carbocycles. The first-order valence-electron chi connectivity index (χ1n) is 5.95. The lowest BCUT2D eigenvalue weighted by Gasteiger charge is -2.39. The van der Waals surface area contributed by atoms with Crippen molar-refractivity contribution in [2.24, 2.45) is 0 Å². The summed E-state index contributed by atoms with van der Waals surface area (Å²) in [5, 5.41) is 0. The molecule has 150 valence electrons. The Balaban J connectivity index is 5.82. The van der Waals surface area contributed by atoms with Gasteiger partial charge < -0.3 is 4.74 Å². The lowest BCUT2D eigenvalue weighted by Crippen LogP contribution is -2.70. The average Bonchev–Trinajstić information content (AvgIpc) is 2.41. The van der Waals surface area contributed by atoms with Crippen molar-refractivity contribution < 1.29 is 61.8 Å². The molecule has 0 fully saturated rings. The molecule has 0 heterocycles. The van der Waals surface area contributed by atoms with Gasteiger partial charge in [0, 0.05) is 6.42 Å². The summed E-state index contributed by atoms with van der Waals surface area (Å²) in [5.41, 5.74) is 0. The van der Waals surface area contributed by atoms with Crippen LogP contribution in [0.3, 0.4) is 0 Å². The number of hydrogen-bond acceptors (Lipinski definition) is 1. The molecule has 0 spiro atoms. The van der Waals surface area contributed by atoms with Crippen LogP contribution in [0.15, 0.2) is 12.7 Å². The molecule has 0 aromatic rings. The summed E-state index contributed by atoms with van der Waals surface area (Å²) in [5.74, 6) is -36.7. The van der Waals surface area contributed by atoms with Crippen molar-refractivity contribution in [1.82, 2.24) is 0 Å². The fourth-order valence-corrected chi connectivity index (χ4v) is 1.33. The van der Waals surface area contributed by atoms with E-state index in [-0.39, 0.29) is 0 Å². The molecular weight excluding hydrogens is 395 g/mol. The molecule has 0 aliphatic carbocycles. The molecule has 0 unspecified atom stereocenters. The van der Waals surface area contributed by atoms with E-state index in [1.54, 1.807) is 0 Å². The van der Waals surface area contributed by atoms with Gasteiger partial charge in [-0.15, -0.1) is 6.58 Å². The van der Waals surface area contributed by atoms with E-state index in [0.717, 1.165) is 6.08 Å². The summed E-state index contributed by atoms with van der Waals surface area (Å²) < 4.78 is 169. The Bertz CT molecular complexity index is 465. The minimum Gasteiger partial charge on any atom is -0.377 e. The molecule has 0 bridgehead atoms. The van der Waals surface area contributed by atoms with E-state index in [4.69, 9.17) is 0 Å². The van der Waals surface area contributed by atoms with Crippen LogP contribution in [0, 0.1) is 0 Å². The van der Waals surface area contributed by atoms with Crippen LogP contribution in [0.4, 0.5) is 57.1 Å². The Kier molecular flexibility index (Phi) is 6.50. The summed E-state index contributed by atoms with van der Waals surface area (Å²) in [4.78, 5) is 0. The van der Waals surface area contributed by atoms with Crippen LogP contribution < -0.4 is 0 Å². The average molecular weight is 404 g/mol. The zero-order valence-corrected chi connectivity index (χ0v) is 11.7. The van der Waals surface area contributed by atoms with Gasteiger partial charge in [-0.1, -0.05) is 6.08 Å². The highest BCUT2D eigenvalue weighted by Crippen LogP contribution is 2.60. The van der Waals surface area contributed by atoms with Crippen LogP contribution in [0.25, 0.3) is 0 Å². The lowest BCUT2D eigenvalue weighted by atomic mass is 9.93. The van der Waals surface area contributed by atoms with Gasteiger partial charge in [-0.3, -0.25) is 0 Å². The van der Waals surface area contributed by atoms with Crippen molar-refractivity contribution in [1.29, 1.82) is 0 Å². The van der Waals surface area contributed by atoms with Crippen molar-refractivity contribution in [3.8, 4) is 0 Å². The standard InChI is InChI=1S/C11H9F13O/c1-2-4-25-5-3-6(12,13)7(14,15)8(16,17)9(18,19)10(20,21)11(22,23)24/h2H,1,3-5H2. The van der Waals surface area contributed by atoms with E-state index < -0.39 is 55.4 Å². The number of hydrogen-bond donors (Lipinski definition) is 0. The van der Waals surface area contributed by atoms with E-state index in [1.165, 1.54) is 0 Å². The number of ether oxygens (including phenoxy) is 1. The Labute approximate surface area is 131 Å². The van der Waals surface area contributed by atoms with Crippen molar-refractivity contribution in [2.45, 2.75) is 42.2 Å². The summed E-state index contributed by atoms with van der Waals surface area (Å²) in [6.45, 7) is 1.03. The second-order valence-electron chi connectivity index (χ2n) is 4.61. The monoisotopic (exact) mass is 404 g/mol. The Hall–Kier alpha value is -1.21. The van der Waals surface area contributed by atoms with Gasteiger partial charge in [-0.25, -0.2) is 0 Å². The smallest absolute Gasteiger partial charge is 0.377 e. The third-order valence-corrected chi connectivity index (χ3v) is 2.79. The molecule has 0 rings (SSSR count). The van der Waals surface area contributed by atoms with Gasteiger partial charge >= 0.3 is 35.8 Å². The number of rotatable bonds is 9. The molecule has 0 aliphatic rings. The Morgan fingerprint density at radius 1 is 0.640 bits per heavy atom. The first kappa shape index (κ1) is 23.8. The highest BCUT2D eigenvalue weighted by molar-refractivity contribution is 5.10. The third-order valence-electron chi connectivity index (χ3n) is 2.79. The fourth-order valence-electron chi connectivity index (χ4n) is 1.33. The van der Waals surface area contributed by atoms with Crippen LogP contribution in [-0.2, 0) is 4.74 Å². The molecule has 0 amide bonds. The number of alkyl halides is 13. The van der Waals surface area contributed by atoms with E-state index in [1.807, 2.05) is 0 Å². The molecule has 0 saturated heterocycles. The van der Waals surface area contributed by atoms with Crippen LogP contribution in [0.5, 0.6) is 0 Å². The zero-order chi connectivity index (χ0) is 20.5. The highest BCUT2D eigenvalue weighted by Gasteiger charge is 2.90. The Morgan fingerprint density at radius 3 is 1.40 bits per heavy atom. The quantitative estimate of drug-likeness (QED) is 0.287. The predicted octanol–water partition coefficient (Wildman–Crippen LogP) is 5.32. The zero-order valence-electron chi connectivity index (χ0n) is 11.7. The van der Waals surface area contributed by atoms with Gasteiger partial charge in [-0.05, 0) is 0 Å². The van der Waals surface area contributed by atoms with Crippen molar-refractivity contribution in [3.05, 3.63) is 12.7 Å². The van der Waals surface area contributed by atoms with Gasteiger partial charge in [0.2, 0.25) is 0 Å².